The minimum absolute atomic E-state index is 0.0419. The Labute approximate surface area is 129 Å². The Kier molecular flexibility index (Phi) is 4.67. The molecule has 6 nitrogen and oxygen atoms in total. The second-order valence-electron chi connectivity index (χ2n) is 6.48. The van der Waals surface area contributed by atoms with Gasteiger partial charge in [0.15, 0.2) is 0 Å². The van der Waals surface area contributed by atoms with Crippen LogP contribution >= 0.6 is 0 Å². The van der Waals surface area contributed by atoms with Crippen LogP contribution in [0.5, 0.6) is 0 Å². The Morgan fingerprint density at radius 1 is 1.45 bits per heavy atom. The van der Waals surface area contributed by atoms with Gasteiger partial charge in [-0.1, -0.05) is 0 Å². The van der Waals surface area contributed by atoms with Crippen molar-refractivity contribution < 1.29 is 14.4 Å². The Bertz CT molecular complexity index is 559. The van der Waals surface area contributed by atoms with Crippen LogP contribution in [0.4, 0.5) is 15.8 Å². The number of benzene rings is 1. The molecule has 1 aliphatic heterocycles. The lowest BCUT2D eigenvalue weighted by Crippen LogP contribution is -2.55. The van der Waals surface area contributed by atoms with Crippen molar-refractivity contribution in [3.63, 3.8) is 0 Å². The second-order valence-corrected chi connectivity index (χ2v) is 6.48. The summed E-state index contributed by atoms with van der Waals surface area (Å²) in [6, 6.07) is 3.72. The number of nitro groups is 1. The largest absolute Gasteiger partial charge is 0.389 e. The maximum absolute atomic E-state index is 13.3. The number of nitro benzene ring substituents is 1. The molecule has 1 aromatic rings. The molecular weight excluding hydrogens is 289 g/mol. The quantitative estimate of drug-likeness (QED) is 0.680. The summed E-state index contributed by atoms with van der Waals surface area (Å²) in [5.74, 6) is -0.608. The van der Waals surface area contributed by atoms with Gasteiger partial charge >= 0.3 is 0 Å². The van der Waals surface area contributed by atoms with Crippen molar-refractivity contribution in [2.45, 2.75) is 32.4 Å². The lowest BCUT2D eigenvalue weighted by Gasteiger charge is -2.42. The molecule has 1 unspecified atom stereocenters. The number of β-amino-alcohol motifs (C(OH)–C–C–N with tert-alkyl or cyclic N) is 1. The highest BCUT2D eigenvalue weighted by molar-refractivity contribution is 5.64. The molecule has 0 bridgehead atoms. The summed E-state index contributed by atoms with van der Waals surface area (Å²) in [4.78, 5) is 14.7. The summed E-state index contributed by atoms with van der Waals surface area (Å²) in [5.41, 5.74) is -0.534. The monoisotopic (exact) mass is 311 g/mol. The number of anilines is 1. The molecule has 0 amide bonds. The van der Waals surface area contributed by atoms with Crippen molar-refractivity contribution in [2.75, 3.05) is 31.1 Å². The van der Waals surface area contributed by atoms with Crippen LogP contribution in [0.1, 0.15) is 20.8 Å². The van der Waals surface area contributed by atoms with Gasteiger partial charge in [-0.05, 0) is 32.9 Å². The number of hydrogen-bond donors (Lipinski definition) is 1. The van der Waals surface area contributed by atoms with E-state index in [2.05, 4.69) is 4.90 Å². The Morgan fingerprint density at radius 3 is 2.68 bits per heavy atom. The van der Waals surface area contributed by atoms with Gasteiger partial charge < -0.3 is 10.0 Å². The van der Waals surface area contributed by atoms with E-state index in [1.807, 2.05) is 11.8 Å². The summed E-state index contributed by atoms with van der Waals surface area (Å²) in [6.07, 6.45) is 0. The number of hydrogen-bond acceptors (Lipinski definition) is 5. The molecule has 1 N–H and O–H groups in total. The average Bonchev–Trinajstić information content (AvgIpc) is 2.37. The van der Waals surface area contributed by atoms with Crippen LogP contribution in [0.15, 0.2) is 18.2 Å². The molecule has 1 aliphatic rings. The summed E-state index contributed by atoms with van der Waals surface area (Å²) in [7, 11) is 0. The third-order valence-corrected chi connectivity index (χ3v) is 3.77. The van der Waals surface area contributed by atoms with Gasteiger partial charge in [-0.2, -0.15) is 0 Å². The number of piperazine rings is 1. The van der Waals surface area contributed by atoms with Gasteiger partial charge in [0.1, 0.15) is 11.5 Å². The molecule has 1 heterocycles. The molecule has 2 rings (SSSR count). The minimum atomic E-state index is -0.774. The fourth-order valence-electron chi connectivity index (χ4n) is 2.97. The van der Waals surface area contributed by atoms with E-state index < -0.39 is 16.3 Å². The van der Waals surface area contributed by atoms with Gasteiger partial charge in [-0.25, -0.2) is 4.39 Å². The van der Waals surface area contributed by atoms with E-state index in [0.717, 1.165) is 6.07 Å². The summed E-state index contributed by atoms with van der Waals surface area (Å²) < 4.78 is 13.3. The van der Waals surface area contributed by atoms with E-state index in [9.17, 15) is 19.6 Å². The van der Waals surface area contributed by atoms with Crippen molar-refractivity contribution in [3.8, 4) is 0 Å². The first-order valence-electron chi connectivity index (χ1n) is 7.33. The lowest BCUT2D eigenvalue weighted by atomic mass is 10.1. The average molecular weight is 311 g/mol. The fraction of sp³-hybridized carbons (Fsp3) is 0.600. The topological polar surface area (TPSA) is 69.8 Å². The molecule has 0 radical (unpaired) electrons. The Morgan fingerprint density at radius 2 is 2.14 bits per heavy atom. The van der Waals surface area contributed by atoms with Crippen molar-refractivity contribution in [2.24, 2.45) is 0 Å². The molecule has 1 fully saturated rings. The van der Waals surface area contributed by atoms with E-state index in [1.165, 1.54) is 12.1 Å². The van der Waals surface area contributed by atoms with Crippen LogP contribution in [0.3, 0.4) is 0 Å². The number of halogens is 1. The molecule has 1 saturated heterocycles. The summed E-state index contributed by atoms with van der Waals surface area (Å²) in [5, 5.41) is 21.0. The van der Waals surface area contributed by atoms with Gasteiger partial charge in [0, 0.05) is 32.2 Å². The van der Waals surface area contributed by atoms with Crippen LogP contribution in [0.2, 0.25) is 0 Å². The molecule has 0 aromatic heterocycles. The maximum atomic E-state index is 13.3. The van der Waals surface area contributed by atoms with Crippen LogP contribution in [-0.2, 0) is 0 Å². The normalized spacial score (nSPS) is 20.2. The van der Waals surface area contributed by atoms with Gasteiger partial charge in [-0.15, -0.1) is 0 Å². The van der Waals surface area contributed by atoms with Crippen molar-refractivity contribution in [1.82, 2.24) is 4.90 Å². The number of nitrogens with zero attached hydrogens (tertiary/aromatic N) is 3. The van der Waals surface area contributed by atoms with Crippen molar-refractivity contribution in [1.29, 1.82) is 0 Å². The maximum Gasteiger partial charge on any atom is 0.295 e. The minimum Gasteiger partial charge on any atom is -0.389 e. The molecule has 1 atom stereocenters. The van der Waals surface area contributed by atoms with E-state index >= 15 is 0 Å². The third kappa shape index (κ3) is 3.92. The van der Waals surface area contributed by atoms with Crippen LogP contribution < -0.4 is 4.90 Å². The highest BCUT2D eigenvalue weighted by atomic mass is 19.1. The van der Waals surface area contributed by atoms with E-state index in [-0.39, 0.29) is 11.7 Å². The first-order valence-corrected chi connectivity index (χ1v) is 7.33. The molecule has 0 saturated carbocycles. The van der Waals surface area contributed by atoms with Gasteiger partial charge in [0.05, 0.1) is 16.6 Å². The van der Waals surface area contributed by atoms with Crippen LogP contribution in [0.25, 0.3) is 0 Å². The van der Waals surface area contributed by atoms with Gasteiger partial charge in [0.25, 0.3) is 5.69 Å². The predicted molar refractivity (Wildman–Crippen MR) is 82.6 cm³/mol. The lowest BCUT2D eigenvalue weighted by molar-refractivity contribution is -0.384. The zero-order valence-electron chi connectivity index (χ0n) is 13.1. The zero-order chi connectivity index (χ0) is 16.5. The third-order valence-electron chi connectivity index (χ3n) is 3.77. The standard InChI is InChI=1S/C15H22FN3O3/c1-11-9-17(10-15(2,3)20)6-7-18(11)13-5-4-12(16)8-14(13)19(21)22/h4-5,8,11,20H,6-7,9-10H2,1-3H3. The molecule has 22 heavy (non-hydrogen) atoms. The SMILES string of the molecule is CC1CN(CC(C)(C)O)CCN1c1ccc(F)cc1[N+](=O)[O-]. The molecule has 7 heteroatoms. The Hall–Kier alpha value is -1.73. The smallest absolute Gasteiger partial charge is 0.295 e. The van der Waals surface area contributed by atoms with Gasteiger partial charge in [-0.3, -0.25) is 15.0 Å². The number of rotatable bonds is 4. The second kappa shape index (κ2) is 6.18. The van der Waals surface area contributed by atoms with Crippen LogP contribution in [-0.4, -0.2) is 52.8 Å². The molecule has 122 valence electrons. The molecule has 0 aliphatic carbocycles. The molecule has 1 aromatic carbocycles. The Balaban J connectivity index is 2.17. The zero-order valence-corrected chi connectivity index (χ0v) is 13.1. The van der Waals surface area contributed by atoms with E-state index in [0.29, 0.717) is 31.9 Å². The molecule has 0 spiro atoms. The molecular formula is C15H22FN3O3. The first-order chi connectivity index (χ1) is 10.2. The fourth-order valence-corrected chi connectivity index (χ4v) is 2.97. The van der Waals surface area contributed by atoms with Crippen LogP contribution in [0, 0.1) is 15.9 Å². The highest BCUT2D eigenvalue weighted by Crippen LogP contribution is 2.31. The number of aliphatic hydroxyl groups is 1. The van der Waals surface area contributed by atoms with Crippen molar-refractivity contribution >= 4 is 11.4 Å². The van der Waals surface area contributed by atoms with E-state index in [4.69, 9.17) is 0 Å². The predicted octanol–water partition coefficient (Wildman–Crippen LogP) is 2.02. The van der Waals surface area contributed by atoms with Gasteiger partial charge in [0.2, 0.25) is 0 Å². The highest BCUT2D eigenvalue weighted by Gasteiger charge is 2.30. The first kappa shape index (κ1) is 16.6. The summed E-state index contributed by atoms with van der Waals surface area (Å²) >= 11 is 0. The van der Waals surface area contributed by atoms with E-state index in [1.54, 1.807) is 13.8 Å². The summed E-state index contributed by atoms with van der Waals surface area (Å²) in [6.45, 7) is 8.04. The van der Waals surface area contributed by atoms with Crippen molar-refractivity contribution in [3.05, 3.63) is 34.1 Å².